The van der Waals surface area contributed by atoms with Gasteiger partial charge in [-0.1, -0.05) is 57.7 Å². The van der Waals surface area contributed by atoms with Crippen molar-refractivity contribution in [2.45, 2.75) is 64.5 Å². The Bertz CT molecular complexity index is 649. The van der Waals surface area contributed by atoms with E-state index in [0.717, 1.165) is 38.0 Å². The van der Waals surface area contributed by atoms with Crippen molar-refractivity contribution in [1.29, 1.82) is 0 Å². The highest BCUT2D eigenvalue weighted by molar-refractivity contribution is 6.04. The van der Waals surface area contributed by atoms with Gasteiger partial charge in [0.15, 0.2) is 0 Å². The molecule has 0 bridgehead atoms. The van der Waals surface area contributed by atoms with Crippen molar-refractivity contribution >= 4 is 11.8 Å². The molecule has 5 heteroatoms. The molecular weight excluding hydrogens is 338 g/mol. The van der Waals surface area contributed by atoms with Gasteiger partial charge in [-0.3, -0.25) is 9.59 Å². The van der Waals surface area contributed by atoms with Crippen molar-refractivity contribution in [3.8, 4) is 0 Å². The summed E-state index contributed by atoms with van der Waals surface area (Å²) in [4.78, 5) is 30.2. The number of fused-ring (bicyclic) bond motifs is 1. The maximum absolute atomic E-state index is 13.2. The van der Waals surface area contributed by atoms with Crippen molar-refractivity contribution in [3.63, 3.8) is 0 Å². The number of hydrogen-bond donors (Lipinski definition) is 1. The van der Waals surface area contributed by atoms with Gasteiger partial charge in [-0.15, -0.1) is 0 Å². The minimum atomic E-state index is -0.493. The van der Waals surface area contributed by atoms with E-state index in [0.29, 0.717) is 12.1 Å². The minimum Gasteiger partial charge on any atom is -0.351 e. The van der Waals surface area contributed by atoms with Gasteiger partial charge < -0.3 is 15.1 Å². The van der Waals surface area contributed by atoms with E-state index in [2.05, 4.69) is 24.1 Å². The number of rotatable bonds is 7. The van der Waals surface area contributed by atoms with Gasteiger partial charge in [-0.2, -0.15) is 0 Å². The van der Waals surface area contributed by atoms with Gasteiger partial charge in [0, 0.05) is 24.7 Å². The quantitative estimate of drug-likeness (QED) is 0.748. The largest absolute Gasteiger partial charge is 0.351 e. The van der Waals surface area contributed by atoms with Gasteiger partial charge in [0.25, 0.3) is 5.91 Å². The van der Waals surface area contributed by atoms with Crippen LogP contribution in [0.25, 0.3) is 0 Å². The Morgan fingerprint density at radius 2 is 1.78 bits per heavy atom. The molecule has 1 aromatic rings. The first-order valence-electron chi connectivity index (χ1n) is 10.6. The van der Waals surface area contributed by atoms with Crippen LogP contribution in [0.5, 0.6) is 0 Å². The first kappa shape index (κ1) is 19.9. The SMILES string of the molecule is CCN(CC)CCN1C(=O)c2ccccc2C1C(=O)NC1CCCCCC1. The van der Waals surface area contributed by atoms with E-state index in [1.165, 1.54) is 25.7 Å². The van der Waals surface area contributed by atoms with Crippen LogP contribution in [0, 0.1) is 0 Å². The highest BCUT2D eigenvalue weighted by atomic mass is 16.2. The molecule has 1 aliphatic carbocycles. The van der Waals surface area contributed by atoms with E-state index in [1.807, 2.05) is 24.3 Å². The molecule has 1 aromatic carbocycles. The van der Waals surface area contributed by atoms with Crippen molar-refractivity contribution in [2.75, 3.05) is 26.2 Å². The molecule has 1 aliphatic heterocycles. The Balaban J connectivity index is 1.77. The summed E-state index contributed by atoms with van der Waals surface area (Å²) in [5.74, 6) is -0.0291. The second-order valence-electron chi connectivity index (χ2n) is 7.71. The molecule has 1 unspecified atom stereocenters. The molecule has 1 atom stereocenters. The summed E-state index contributed by atoms with van der Waals surface area (Å²) in [5.41, 5.74) is 1.53. The van der Waals surface area contributed by atoms with Crippen LogP contribution in [-0.4, -0.2) is 53.8 Å². The van der Waals surface area contributed by atoms with Gasteiger partial charge in [0.1, 0.15) is 6.04 Å². The van der Waals surface area contributed by atoms with E-state index in [4.69, 9.17) is 0 Å². The third-order valence-corrected chi connectivity index (χ3v) is 6.06. The van der Waals surface area contributed by atoms with Crippen LogP contribution in [0.3, 0.4) is 0 Å². The van der Waals surface area contributed by atoms with E-state index in [9.17, 15) is 9.59 Å². The summed E-state index contributed by atoms with van der Waals surface area (Å²) in [6, 6.07) is 7.33. The van der Waals surface area contributed by atoms with Crippen LogP contribution in [0.1, 0.15) is 74.3 Å². The van der Waals surface area contributed by atoms with Gasteiger partial charge in [0.2, 0.25) is 5.91 Å². The number of nitrogens with zero attached hydrogens (tertiary/aromatic N) is 2. The first-order valence-corrected chi connectivity index (χ1v) is 10.6. The smallest absolute Gasteiger partial charge is 0.255 e. The third-order valence-electron chi connectivity index (χ3n) is 6.06. The fraction of sp³-hybridized carbons (Fsp3) is 0.636. The van der Waals surface area contributed by atoms with E-state index in [-0.39, 0.29) is 17.9 Å². The van der Waals surface area contributed by atoms with Crippen LogP contribution >= 0.6 is 0 Å². The number of amides is 2. The van der Waals surface area contributed by atoms with Crippen LogP contribution in [0.4, 0.5) is 0 Å². The Morgan fingerprint density at radius 3 is 2.44 bits per heavy atom. The Hall–Kier alpha value is -1.88. The zero-order valence-electron chi connectivity index (χ0n) is 16.7. The molecule has 2 aliphatic rings. The standard InChI is InChI=1S/C22H33N3O2/c1-3-24(4-2)15-16-25-20(18-13-9-10-14-19(18)22(25)27)21(26)23-17-11-7-5-6-8-12-17/h9-10,13-14,17,20H,3-8,11-12,15-16H2,1-2H3,(H,23,26). The zero-order valence-corrected chi connectivity index (χ0v) is 16.7. The Labute approximate surface area is 163 Å². The average molecular weight is 372 g/mol. The molecule has 2 amide bonds. The first-order chi connectivity index (χ1) is 13.2. The second-order valence-corrected chi connectivity index (χ2v) is 7.71. The molecule has 0 aromatic heterocycles. The predicted molar refractivity (Wildman–Crippen MR) is 108 cm³/mol. The molecule has 1 heterocycles. The zero-order chi connectivity index (χ0) is 19.2. The van der Waals surface area contributed by atoms with Crippen LogP contribution in [0.15, 0.2) is 24.3 Å². The highest BCUT2D eigenvalue weighted by Gasteiger charge is 2.41. The number of hydrogen-bond acceptors (Lipinski definition) is 3. The maximum atomic E-state index is 13.2. The fourth-order valence-electron chi connectivity index (χ4n) is 4.38. The maximum Gasteiger partial charge on any atom is 0.255 e. The molecule has 148 valence electrons. The Morgan fingerprint density at radius 1 is 1.11 bits per heavy atom. The lowest BCUT2D eigenvalue weighted by molar-refractivity contribution is -0.126. The topological polar surface area (TPSA) is 52.7 Å². The van der Waals surface area contributed by atoms with E-state index >= 15 is 0 Å². The normalized spacial score (nSPS) is 20.6. The van der Waals surface area contributed by atoms with Crippen molar-refractivity contribution in [1.82, 2.24) is 15.1 Å². The molecule has 27 heavy (non-hydrogen) atoms. The summed E-state index contributed by atoms with van der Waals surface area (Å²) >= 11 is 0. The van der Waals surface area contributed by atoms with E-state index in [1.54, 1.807) is 4.90 Å². The number of likely N-dealkylation sites (N-methyl/N-ethyl adjacent to an activating group) is 1. The summed E-state index contributed by atoms with van der Waals surface area (Å²) < 4.78 is 0. The van der Waals surface area contributed by atoms with Crippen molar-refractivity contribution in [3.05, 3.63) is 35.4 Å². The van der Waals surface area contributed by atoms with Gasteiger partial charge in [-0.05, 0) is 37.6 Å². The van der Waals surface area contributed by atoms with Gasteiger partial charge >= 0.3 is 0 Å². The predicted octanol–water partition coefficient (Wildman–Crippen LogP) is 3.36. The van der Waals surface area contributed by atoms with E-state index < -0.39 is 6.04 Å². The molecule has 1 fully saturated rings. The number of nitrogens with one attached hydrogen (secondary N) is 1. The summed E-state index contributed by atoms with van der Waals surface area (Å²) in [5, 5.41) is 3.26. The lowest BCUT2D eigenvalue weighted by atomic mass is 10.0. The van der Waals surface area contributed by atoms with Crippen LogP contribution in [-0.2, 0) is 4.79 Å². The summed E-state index contributed by atoms with van der Waals surface area (Å²) in [6.45, 7) is 7.52. The van der Waals surface area contributed by atoms with Crippen LogP contribution in [0.2, 0.25) is 0 Å². The number of benzene rings is 1. The van der Waals surface area contributed by atoms with Gasteiger partial charge in [0.05, 0.1) is 0 Å². The summed E-state index contributed by atoms with van der Waals surface area (Å²) in [7, 11) is 0. The molecule has 5 nitrogen and oxygen atoms in total. The van der Waals surface area contributed by atoms with Crippen molar-refractivity contribution < 1.29 is 9.59 Å². The van der Waals surface area contributed by atoms with Crippen molar-refractivity contribution in [2.24, 2.45) is 0 Å². The molecular formula is C22H33N3O2. The molecule has 3 rings (SSSR count). The molecule has 1 saturated carbocycles. The van der Waals surface area contributed by atoms with Gasteiger partial charge in [-0.25, -0.2) is 0 Å². The lowest BCUT2D eigenvalue weighted by Gasteiger charge is -2.29. The summed E-state index contributed by atoms with van der Waals surface area (Å²) in [6.07, 6.45) is 6.97. The monoisotopic (exact) mass is 371 g/mol. The number of carbonyl (C=O) groups is 2. The average Bonchev–Trinajstić information content (AvgIpc) is 2.82. The molecule has 1 N–H and O–H groups in total. The highest BCUT2D eigenvalue weighted by Crippen LogP contribution is 2.34. The fourth-order valence-corrected chi connectivity index (χ4v) is 4.38. The lowest BCUT2D eigenvalue weighted by Crippen LogP contribution is -2.45. The number of carbonyl (C=O) groups excluding carboxylic acids is 2. The Kier molecular flexibility index (Phi) is 6.89. The third kappa shape index (κ3) is 4.52. The minimum absolute atomic E-state index is 0.0141. The molecule has 0 radical (unpaired) electrons. The second kappa shape index (κ2) is 9.36. The molecule has 0 saturated heterocycles. The molecule has 0 spiro atoms. The van der Waals surface area contributed by atoms with Crippen LogP contribution < -0.4 is 5.32 Å².